The zero-order chi connectivity index (χ0) is 43.8. The second-order valence-electron chi connectivity index (χ2n) is 18.3. The molecule has 4 fully saturated rings. The Morgan fingerprint density at radius 3 is 1.62 bits per heavy atom. The number of carboxylic acid groups (broad SMARTS) is 6. The molecular weight excluding hydrogens is 999 g/mol. The van der Waals surface area contributed by atoms with Crippen LogP contribution in [0.3, 0.4) is 0 Å². The summed E-state index contributed by atoms with van der Waals surface area (Å²) in [6.07, 6.45) is 6.35. The number of hydrogen-bond acceptors (Lipinski definition) is 17. The Morgan fingerprint density at radius 1 is 0.651 bits per heavy atom. The van der Waals surface area contributed by atoms with Gasteiger partial charge in [0, 0.05) is 76.8 Å². The summed E-state index contributed by atoms with van der Waals surface area (Å²) in [5.41, 5.74) is -0.0222. The third-order valence-electron chi connectivity index (χ3n) is 14.8. The van der Waals surface area contributed by atoms with Gasteiger partial charge in [-0.1, -0.05) is 20.8 Å². The van der Waals surface area contributed by atoms with Gasteiger partial charge in [0.2, 0.25) is 5.91 Å². The Hall–Kier alpha value is 0.455. The topological polar surface area (TPSA) is 300 Å². The molecule has 0 aromatic heterocycles. The molecule has 2 N–H and O–H groups in total. The van der Waals surface area contributed by atoms with Crippen molar-refractivity contribution in [1.82, 2.24) is 20.0 Å². The standard InChI is InChI=1S/C41H66N4O14.Gd.3Na/c1-24(4-9-33(48)49)27-5-6-28-38-29(11-13-41(27,28)3)40(2)12-10-26(18-25(40)19-31(38)46)42-32(47)8-7-30(39(58)59)45(16-14-43(20-34(50)51)21-35(52)53)17-15-44(22-36(54)55)23-37(56)57;;;;/h24-31,38,46H,4-23H2,1-3H3,(H,42,47)(H,48,49)(H,50,51)(H,52,53)(H,54,55)(H,56,57)(H,58,59);;;;/q;+3;3*+1/p-6/t24?,25?,26-,27-,28?,29?,30-,31-,38?,40+,41-;;;;/m1..../s1. The zero-order valence-electron chi connectivity index (χ0n) is 37.8. The van der Waals surface area contributed by atoms with Gasteiger partial charge in [-0.2, -0.15) is 0 Å². The number of carboxylic acids is 6. The van der Waals surface area contributed by atoms with Gasteiger partial charge in [0.15, 0.2) is 0 Å². The van der Waals surface area contributed by atoms with Crippen molar-refractivity contribution >= 4 is 41.7 Å². The number of fused-ring (bicyclic) bond motifs is 5. The molecule has 1 radical (unpaired) electrons. The molecule has 339 valence electrons. The first-order valence-corrected chi connectivity index (χ1v) is 21.0. The number of nitrogens with zero attached hydrogens (tertiary/aromatic N) is 3. The maximum absolute atomic E-state index is 13.4. The van der Waals surface area contributed by atoms with E-state index in [9.17, 15) is 69.3 Å². The van der Waals surface area contributed by atoms with Crippen LogP contribution in [0.15, 0.2) is 0 Å². The number of rotatable bonds is 24. The fourth-order valence-corrected chi connectivity index (χ4v) is 12.0. The Balaban J connectivity index is 0.00000961. The van der Waals surface area contributed by atoms with Crippen molar-refractivity contribution in [3.05, 3.63) is 0 Å². The minimum atomic E-state index is -1.61. The average molecular weight is 1060 g/mol. The molecule has 0 aromatic rings. The number of aliphatic carboxylic acids is 6. The number of aliphatic hydroxyl groups excluding tert-OH is 1. The van der Waals surface area contributed by atoms with Crippen molar-refractivity contribution in [2.75, 3.05) is 52.4 Å². The van der Waals surface area contributed by atoms with Gasteiger partial charge in [0.25, 0.3) is 0 Å². The molecule has 11 atom stereocenters. The van der Waals surface area contributed by atoms with Crippen molar-refractivity contribution in [2.24, 2.45) is 46.3 Å². The summed E-state index contributed by atoms with van der Waals surface area (Å²) in [5, 5.41) is 83.5. The number of aliphatic hydroxyl groups is 1. The van der Waals surface area contributed by atoms with Crippen LogP contribution in [0.4, 0.5) is 0 Å². The van der Waals surface area contributed by atoms with E-state index >= 15 is 0 Å². The van der Waals surface area contributed by atoms with E-state index < -0.39 is 80.0 Å². The van der Waals surface area contributed by atoms with Gasteiger partial charge in [-0.3, -0.25) is 19.5 Å². The van der Waals surface area contributed by atoms with Gasteiger partial charge in [0.05, 0.1) is 36.0 Å². The normalized spacial score (nSPS) is 29.2. The van der Waals surface area contributed by atoms with E-state index in [4.69, 9.17) is 0 Å². The second-order valence-corrected chi connectivity index (χ2v) is 18.3. The molecule has 0 saturated heterocycles. The van der Waals surface area contributed by atoms with Gasteiger partial charge in [-0.25, -0.2) is 0 Å². The van der Waals surface area contributed by atoms with Crippen LogP contribution in [0.5, 0.6) is 0 Å². The van der Waals surface area contributed by atoms with Crippen LogP contribution in [0.1, 0.15) is 97.8 Å². The smallest absolute Gasteiger partial charge is 0.550 e. The molecule has 0 spiro atoms. The van der Waals surface area contributed by atoms with Gasteiger partial charge in [-0.05, 0) is 117 Å². The third kappa shape index (κ3) is 17.7. The van der Waals surface area contributed by atoms with E-state index in [0.29, 0.717) is 43.4 Å². The van der Waals surface area contributed by atoms with E-state index in [-0.39, 0.29) is 209 Å². The fourth-order valence-electron chi connectivity index (χ4n) is 12.0. The summed E-state index contributed by atoms with van der Waals surface area (Å²) in [7, 11) is 0. The molecular formula is C41H60GdN4Na3O14. The van der Waals surface area contributed by atoms with Crippen LogP contribution < -0.4 is 125 Å². The van der Waals surface area contributed by atoms with Crippen LogP contribution in [0.25, 0.3) is 0 Å². The summed E-state index contributed by atoms with van der Waals surface area (Å²) in [4.78, 5) is 85.2. The Labute approximate surface area is 468 Å². The third-order valence-corrected chi connectivity index (χ3v) is 14.8. The first kappa shape index (κ1) is 63.5. The molecule has 22 heteroatoms. The Morgan fingerprint density at radius 2 is 1.14 bits per heavy atom. The van der Waals surface area contributed by atoms with Crippen LogP contribution in [-0.2, 0) is 33.6 Å². The molecule has 18 nitrogen and oxygen atoms in total. The molecule has 4 rings (SSSR count). The van der Waals surface area contributed by atoms with Crippen molar-refractivity contribution in [2.45, 2.75) is 116 Å². The first-order chi connectivity index (χ1) is 27.6. The van der Waals surface area contributed by atoms with E-state index in [1.807, 2.05) is 0 Å². The van der Waals surface area contributed by atoms with E-state index in [1.165, 1.54) is 4.90 Å². The second kappa shape index (κ2) is 28.8. The maximum Gasteiger partial charge on any atom is 3.00 e. The molecule has 1 amide bonds. The fraction of sp³-hybridized carbons (Fsp3) is 0.829. The Kier molecular flexibility index (Phi) is 29.0. The molecule has 4 aliphatic carbocycles. The van der Waals surface area contributed by atoms with E-state index in [2.05, 4.69) is 26.1 Å². The molecule has 0 aliphatic heterocycles. The monoisotopic (exact) mass is 1060 g/mol. The van der Waals surface area contributed by atoms with Crippen LogP contribution in [-0.4, -0.2) is 132 Å². The van der Waals surface area contributed by atoms with Crippen molar-refractivity contribution in [1.29, 1.82) is 0 Å². The van der Waals surface area contributed by atoms with Crippen molar-refractivity contribution < 1.29 is 198 Å². The minimum absolute atomic E-state index is 0. The van der Waals surface area contributed by atoms with Crippen LogP contribution in [0.2, 0.25) is 0 Å². The number of carbonyl (C=O) groups excluding carboxylic acids is 7. The summed E-state index contributed by atoms with van der Waals surface area (Å²) in [6, 6.07) is -1.72. The summed E-state index contributed by atoms with van der Waals surface area (Å²) in [5.74, 6) is -7.91. The maximum atomic E-state index is 13.4. The van der Waals surface area contributed by atoms with E-state index in [1.54, 1.807) is 0 Å². The molecule has 0 heterocycles. The Bertz CT molecular complexity index is 1500. The molecule has 4 saturated carbocycles. The molecule has 0 aromatic carbocycles. The number of nitrogens with one attached hydrogen (secondary N) is 1. The minimum Gasteiger partial charge on any atom is -0.550 e. The van der Waals surface area contributed by atoms with Crippen molar-refractivity contribution in [3.8, 4) is 0 Å². The summed E-state index contributed by atoms with van der Waals surface area (Å²) < 4.78 is 0. The summed E-state index contributed by atoms with van der Waals surface area (Å²) >= 11 is 0. The van der Waals surface area contributed by atoms with Crippen molar-refractivity contribution in [3.63, 3.8) is 0 Å². The number of hydrogen-bond donors (Lipinski definition) is 2. The van der Waals surface area contributed by atoms with Gasteiger partial charge >= 0.3 is 129 Å². The first-order valence-electron chi connectivity index (χ1n) is 21.0. The predicted molar refractivity (Wildman–Crippen MR) is 194 cm³/mol. The number of amides is 1. The van der Waals surface area contributed by atoms with Gasteiger partial charge in [0.1, 0.15) is 0 Å². The largest absolute Gasteiger partial charge is 3.00 e. The number of carbonyl (C=O) groups is 7. The predicted octanol–water partition coefficient (Wildman–Crippen LogP) is -14.9. The molecule has 0 bridgehead atoms. The van der Waals surface area contributed by atoms with Crippen LogP contribution >= 0.6 is 0 Å². The molecule has 5 unspecified atom stereocenters. The SMILES string of the molecule is CC(CCC(=O)[O-])[C@H]1CCC2C3C(CC[C@@]21C)[C@@]1(C)CC[C@@H](NC(=O)CC[C@H](C(=O)[O-])N(CCN(CC(=O)[O-])CC(=O)[O-])CCN(CC(=O)[O-])CC(=O)[O-])CC1C[C@H]3O.[Gd+3].[Na+].[Na+].[Na+]. The van der Waals surface area contributed by atoms with Gasteiger partial charge in [-0.15, -0.1) is 0 Å². The zero-order valence-corrected chi connectivity index (χ0v) is 46.1. The summed E-state index contributed by atoms with van der Waals surface area (Å²) in [6.45, 7) is 2.28. The average Bonchev–Trinajstić information content (AvgIpc) is 3.47. The quantitative estimate of drug-likeness (QED) is 0.0849. The van der Waals surface area contributed by atoms with E-state index in [0.717, 1.165) is 41.9 Å². The molecule has 63 heavy (non-hydrogen) atoms. The van der Waals surface area contributed by atoms with Crippen LogP contribution in [0, 0.1) is 86.3 Å². The van der Waals surface area contributed by atoms with Gasteiger partial charge < -0.3 is 69.8 Å². The molecule has 4 aliphatic rings.